The van der Waals surface area contributed by atoms with Crippen molar-refractivity contribution in [1.82, 2.24) is 9.21 Å². The van der Waals surface area contributed by atoms with Gasteiger partial charge in [-0.15, -0.1) is 0 Å². The van der Waals surface area contributed by atoms with Gasteiger partial charge in [-0.3, -0.25) is 4.90 Å². The van der Waals surface area contributed by atoms with E-state index < -0.39 is 32.5 Å². The number of hydrogen-bond donors (Lipinski definition) is 0. The van der Waals surface area contributed by atoms with E-state index in [0.717, 1.165) is 22.5 Å². The number of aryl methyl sites for hydroxylation is 1. The second kappa shape index (κ2) is 7.98. The molecule has 0 unspecified atom stereocenters. The highest BCUT2D eigenvalue weighted by atomic mass is 32.2. The molecule has 0 bridgehead atoms. The van der Waals surface area contributed by atoms with Gasteiger partial charge in [0.2, 0.25) is 15.8 Å². The minimum Gasteiger partial charge on any atom is -0.463 e. The highest BCUT2D eigenvalue weighted by Crippen LogP contribution is 2.24. The van der Waals surface area contributed by atoms with Crippen LogP contribution in [0.4, 0.5) is 8.78 Å². The maximum atomic E-state index is 13.9. The van der Waals surface area contributed by atoms with Crippen molar-refractivity contribution >= 4 is 16.0 Å². The molecule has 10 heteroatoms. The van der Waals surface area contributed by atoms with Gasteiger partial charge in [-0.2, -0.15) is 4.31 Å². The quantitative estimate of drug-likeness (QED) is 0.698. The van der Waals surface area contributed by atoms with Crippen LogP contribution in [0.15, 0.2) is 33.6 Å². The van der Waals surface area contributed by atoms with Crippen LogP contribution in [0.3, 0.4) is 0 Å². The SMILES string of the molecule is COC(=O)c1oc(CN2CCN(S(=O)(=O)c3c(F)cccc3F)CC2)cc1C. The number of carbonyl (C=O) groups is 1. The van der Waals surface area contributed by atoms with Gasteiger partial charge in [0.15, 0.2) is 4.90 Å². The molecule has 28 heavy (non-hydrogen) atoms. The molecular formula is C18H20F2N2O5S. The van der Waals surface area contributed by atoms with Crippen LogP contribution in [-0.4, -0.2) is 56.9 Å². The van der Waals surface area contributed by atoms with E-state index >= 15 is 0 Å². The zero-order valence-corrected chi connectivity index (χ0v) is 16.3. The number of piperazine rings is 1. The number of esters is 1. The molecule has 0 atom stereocenters. The summed E-state index contributed by atoms with van der Waals surface area (Å²) < 4.78 is 64.2. The molecule has 0 radical (unpaired) electrons. The maximum Gasteiger partial charge on any atom is 0.374 e. The van der Waals surface area contributed by atoms with Crippen molar-refractivity contribution < 1.29 is 31.1 Å². The van der Waals surface area contributed by atoms with Crippen molar-refractivity contribution in [3.63, 3.8) is 0 Å². The number of benzene rings is 1. The van der Waals surface area contributed by atoms with E-state index in [-0.39, 0.29) is 18.8 Å². The van der Waals surface area contributed by atoms with E-state index in [1.54, 1.807) is 13.0 Å². The van der Waals surface area contributed by atoms with Crippen LogP contribution in [-0.2, 0) is 21.3 Å². The molecule has 0 spiro atoms. The molecule has 1 aliphatic rings. The molecule has 0 N–H and O–H groups in total. The smallest absolute Gasteiger partial charge is 0.374 e. The fraction of sp³-hybridized carbons (Fsp3) is 0.389. The summed E-state index contributed by atoms with van der Waals surface area (Å²) in [5, 5.41) is 0. The molecule has 1 saturated heterocycles. The molecule has 3 rings (SSSR count). The third kappa shape index (κ3) is 3.94. The van der Waals surface area contributed by atoms with Crippen molar-refractivity contribution in [1.29, 1.82) is 0 Å². The lowest BCUT2D eigenvalue weighted by Gasteiger charge is -2.33. The lowest BCUT2D eigenvalue weighted by Crippen LogP contribution is -2.48. The van der Waals surface area contributed by atoms with Gasteiger partial charge in [-0.05, 0) is 25.1 Å². The van der Waals surface area contributed by atoms with Gasteiger partial charge in [0.25, 0.3) is 0 Å². The monoisotopic (exact) mass is 414 g/mol. The van der Waals surface area contributed by atoms with Crippen LogP contribution < -0.4 is 0 Å². The predicted octanol–water partition coefficient (Wildman–Crippen LogP) is 2.16. The largest absolute Gasteiger partial charge is 0.463 e. The molecule has 2 aromatic rings. The minimum atomic E-state index is -4.26. The Balaban J connectivity index is 1.67. The Morgan fingerprint density at radius 1 is 1.18 bits per heavy atom. The van der Waals surface area contributed by atoms with Gasteiger partial charge in [0.05, 0.1) is 13.7 Å². The first-order chi connectivity index (χ1) is 13.2. The Bertz CT molecular complexity index is 962. The fourth-order valence-corrected chi connectivity index (χ4v) is 4.66. The molecule has 1 aromatic carbocycles. The van der Waals surface area contributed by atoms with E-state index in [0.29, 0.717) is 31.0 Å². The molecule has 1 aromatic heterocycles. The van der Waals surface area contributed by atoms with Gasteiger partial charge in [-0.25, -0.2) is 22.0 Å². The lowest BCUT2D eigenvalue weighted by atomic mass is 10.2. The van der Waals surface area contributed by atoms with Gasteiger partial charge in [0, 0.05) is 31.7 Å². The molecule has 0 aliphatic carbocycles. The van der Waals surface area contributed by atoms with Crippen molar-refractivity contribution in [2.75, 3.05) is 33.3 Å². The summed E-state index contributed by atoms with van der Waals surface area (Å²) >= 11 is 0. The highest BCUT2D eigenvalue weighted by Gasteiger charge is 2.33. The number of furan rings is 1. The number of ether oxygens (including phenoxy) is 1. The summed E-state index contributed by atoms with van der Waals surface area (Å²) in [5.74, 6) is -2.10. The molecular weight excluding hydrogens is 394 g/mol. The maximum absolute atomic E-state index is 13.9. The Morgan fingerprint density at radius 2 is 1.79 bits per heavy atom. The van der Waals surface area contributed by atoms with Crippen LogP contribution in [0.5, 0.6) is 0 Å². The molecule has 2 heterocycles. The van der Waals surface area contributed by atoms with Crippen LogP contribution in [0.25, 0.3) is 0 Å². The van der Waals surface area contributed by atoms with E-state index in [9.17, 15) is 22.0 Å². The number of sulfonamides is 1. The van der Waals surface area contributed by atoms with Gasteiger partial charge < -0.3 is 9.15 Å². The summed E-state index contributed by atoms with van der Waals surface area (Å²) in [6.45, 7) is 2.97. The number of hydrogen-bond acceptors (Lipinski definition) is 6. The van der Waals surface area contributed by atoms with Crippen LogP contribution in [0, 0.1) is 18.6 Å². The normalized spacial score (nSPS) is 16.3. The molecule has 0 saturated carbocycles. The third-order valence-corrected chi connectivity index (χ3v) is 6.52. The van der Waals surface area contributed by atoms with Crippen LogP contribution >= 0.6 is 0 Å². The van der Waals surface area contributed by atoms with E-state index in [2.05, 4.69) is 4.74 Å². The molecule has 0 amide bonds. The first-order valence-electron chi connectivity index (χ1n) is 8.58. The lowest BCUT2D eigenvalue weighted by molar-refractivity contribution is 0.0559. The summed E-state index contributed by atoms with van der Waals surface area (Å²) in [4.78, 5) is 12.6. The summed E-state index contributed by atoms with van der Waals surface area (Å²) in [6, 6.07) is 4.69. The Hall–Kier alpha value is -2.30. The van der Waals surface area contributed by atoms with Gasteiger partial charge >= 0.3 is 5.97 Å². The second-order valence-electron chi connectivity index (χ2n) is 6.45. The van der Waals surface area contributed by atoms with E-state index in [1.807, 2.05) is 4.90 Å². The summed E-state index contributed by atoms with van der Waals surface area (Å²) in [6.07, 6.45) is 0. The van der Waals surface area contributed by atoms with Crippen molar-refractivity contribution in [2.45, 2.75) is 18.4 Å². The van der Waals surface area contributed by atoms with Crippen molar-refractivity contribution in [3.8, 4) is 0 Å². The first-order valence-corrected chi connectivity index (χ1v) is 10.0. The van der Waals surface area contributed by atoms with Gasteiger partial charge in [0.1, 0.15) is 17.4 Å². The number of halogens is 2. The average Bonchev–Trinajstić information content (AvgIpc) is 3.01. The topological polar surface area (TPSA) is 80.1 Å². The zero-order chi connectivity index (χ0) is 20.5. The van der Waals surface area contributed by atoms with E-state index in [1.165, 1.54) is 7.11 Å². The molecule has 152 valence electrons. The fourth-order valence-electron chi connectivity index (χ4n) is 3.13. The van der Waals surface area contributed by atoms with Gasteiger partial charge in [-0.1, -0.05) is 6.07 Å². The number of rotatable bonds is 5. The second-order valence-corrected chi connectivity index (χ2v) is 8.32. The number of methoxy groups -OCH3 is 1. The first kappa shape index (κ1) is 20.4. The molecule has 1 fully saturated rings. The predicted molar refractivity (Wildman–Crippen MR) is 95.2 cm³/mol. The Morgan fingerprint density at radius 3 is 2.36 bits per heavy atom. The molecule has 7 nitrogen and oxygen atoms in total. The van der Waals surface area contributed by atoms with Crippen LogP contribution in [0.1, 0.15) is 21.9 Å². The van der Waals surface area contributed by atoms with Crippen molar-refractivity contribution in [3.05, 3.63) is 53.0 Å². The average molecular weight is 414 g/mol. The summed E-state index contributed by atoms with van der Waals surface area (Å²) in [7, 11) is -3.00. The van der Waals surface area contributed by atoms with E-state index in [4.69, 9.17) is 4.42 Å². The van der Waals surface area contributed by atoms with Crippen LogP contribution in [0.2, 0.25) is 0 Å². The number of nitrogens with zero attached hydrogens (tertiary/aromatic N) is 2. The Labute approximate surface area is 161 Å². The minimum absolute atomic E-state index is 0.0830. The zero-order valence-electron chi connectivity index (χ0n) is 15.4. The number of carbonyl (C=O) groups excluding carboxylic acids is 1. The third-order valence-electron chi connectivity index (χ3n) is 4.57. The highest BCUT2D eigenvalue weighted by molar-refractivity contribution is 7.89. The van der Waals surface area contributed by atoms with Crippen molar-refractivity contribution in [2.24, 2.45) is 0 Å². The summed E-state index contributed by atoms with van der Waals surface area (Å²) in [5.41, 5.74) is 0.651. The molecule has 1 aliphatic heterocycles. The Kier molecular flexibility index (Phi) is 5.82. The standard InChI is InChI=1S/C18H20F2N2O5S/c1-12-10-13(27-16(12)18(23)26-2)11-21-6-8-22(9-7-21)28(24,25)17-14(19)4-3-5-15(17)20/h3-5,10H,6-9,11H2,1-2H3.